The maximum atomic E-state index is 11.3. The third kappa shape index (κ3) is 7.33. The monoisotopic (exact) mass is 164 g/mol. The van der Waals surface area contributed by atoms with Crippen LogP contribution in [-0.2, 0) is 9.53 Å². The minimum Gasteiger partial charge on any atom is -0.460 e. The van der Waals surface area contributed by atoms with Crippen molar-refractivity contribution < 1.29 is 20.1 Å². The molecule has 0 spiro atoms. The van der Waals surface area contributed by atoms with E-state index in [0.717, 1.165) is 0 Å². The molecule has 0 aromatic rings. The summed E-state index contributed by atoms with van der Waals surface area (Å²) in [5.74, 6) is -1.17. The molecular formula is C8H16O3. The second-order valence-corrected chi connectivity index (χ2v) is 3.01. The van der Waals surface area contributed by atoms with Gasteiger partial charge in [-0.15, -0.1) is 0 Å². The zero-order chi connectivity index (χ0) is 12.5. The van der Waals surface area contributed by atoms with E-state index in [-0.39, 0.29) is 0 Å². The molecule has 0 aliphatic heterocycles. The molecule has 0 unspecified atom stereocenters. The highest BCUT2D eigenvalue weighted by Crippen LogP contribution is 2.08. The molecule has 0 bridgehead atoms. The fourth-order valence-electron chi connectivity index (χ4n) is 0.426. The SMILES string of the molecule is [2H]C([2H])(O)CC([2H])([2H])C(=O)OC(C)(C)C. The maximum absolute atomic E-state index is 11.3. The highest BCUT2D eigenvalue weighted by Gasteiger charge is 2.15. The van der Waals surface area contributed by atoms with Crippen LogP contribution in [0.15, 0.2) is 0 Å². The van der Waals surface area contributed by atoms with Gasteiger partial charge in [0.05, 0.1) is 2.74 Å². The highest BCUT2D eigenvalue weighted by atomic mass is 16.6. The third-order valence-electron chi connectivity index (χ3n) is 0.711. The van der Waals surface area contributed by atoms with E-state index >= 15 is 0 Å². The Kier molecular flexibility index (Phi) is 2.03. The number of carbonyl (C=O) groups is 1. The van der Waals surface area contributed by atoms with E-state index in [9.17, 15) is 4.79 Å². The second kappa shape index (κ2) is 4.34. The van der Waals surface area contributed by atoms with Crippen LogP contribution >= 0.6 is 0 Å². The van der Waals surface area contributed by atoms with Crippen LogP contribution in [0, 0.1) is 0 Å². The molecule has 3 nitrogen and oxygen atoms in total. The van der Waals surface area contributed by atoms with Crippen molar-refractivity contribution in [2.24, 2.45) is 0 Å². The molecule has 0 radical (unpaired) electrons. The summed E-state index contributed by atoms with van der Waals surface area (Å²) < 4.78 is 32.8. The number of hydrogen-bond acceptors (Lipinski definition) is 3. The van der Waals surface area contributed by atoms with E-state index in [0.29, 0.717) is 0 Å². The second-order valence-electron chi connectivity index (χ2n) is 3.01. The standard InChI is InChI=1S/C8H16O3/c1-8(2,3)11-7(10)5-4-6-9/h9H,4-6H2,1-3H3/i5D2,6D2. The number of esters is 1. The van der Waals surface area contributed by atoms with Crippen molar-refractivity contribution in [2.45, 2.75) is 39.2 Å². The Balaban J connectivity index is 4.54. The van der Waals surface area contributed by atoms with Gasteiger partial charge in [0.1, 0.15) is 5.60 Å². The molecule has 0 saturated carbocycles. The summed E-state index contributed by atoms with van der Waals surface area (Å²) in [6.45, 7) is 2.00. The maximum Gasteiger partial charge on any atom is 0.306 e. The molecule has 0 saturated heterocycles. The number of aliphatic hydroxyl groups is 1. The highest BCUT2D eigenvalue weighted by molar-refractivity contribution is 5.69. The van der Waals surface area contributed by atoms with Crippen molar-refractivity contribution in [3.8, 4) is 0 Å². The van der Waals surface area contributed by atoms with E-state index in [1.165, 1.54) is 0 Å². The predicted octanol–water partition coefficient (Wildman–Crippen LogP) is 1.10. The smallest absolute Gasteiger partial charge is 0.306 e. The summed E-state index contributed by atoms with van der Waals surface area (Å²) in [6.07, 6.45) is -3.49. The van der Waals surface area contributed by atoms with Gasteiger partial charge in [-0.25, -0.2) is 0 Å². The van der Waals surface area contributed by atoms with Crippen LogP contribution in [-0.4, -0.2) is 23.2 Å². The fourth-order valence-corrected chi connectivity index (χ4v) is 0.426. The van der Waals surface area contributed by atoms with E-state index in [2.05, 4.69) is 0 Å². The summed E-state index contributed by atoms with van der Waals surface area (Å²) in [5, 5.41) is 8.79. The first-order chi connectivity index (χ1) is 6.33. The number of carbonyl (C=O) groups excluding carboxylic acids is 1. The zero-order valence-electron chi connectivity index (χ0n) is 11.0. The van der Waals surface area contributed by atoms with Gasteiger partial charge in [-0.1, -0.05) is 0 Å². The lowest BCUT2D eigenvalue weighted by Gasteiger charge is -2.19. The van der Waals surface area contributed by atoms with Gasteiger partial charge >= 0.3 is 5.97 Å². The van der Waals surface area contributed by atoms with Gasteiger partial charge in [0.15, 0.2) is 0 Å². The molecule has 66 valence electrons. The van der Waals surface area contributed by atoms with Crippen LogP contribution in [0.25, 0.3) is 0 Å². The van der Waals surface area contributed by atoms with Crippen LogP contribution in [0.2, 0.25) is 0 Å². The van der Waals surface area contributed by atoms with Crippen molar-refractivity contribution in [1.29, 1.82) is 0 Å². The van der Waals surface area contributed by atoms with E-state index < -0.39 is 30.9 Å². The largest absolute Gasteiger partial charge is 0.460 e. The predicted molar refractivity (Wildman–Crippen MR) is 42.2 cm³/mol. The number of rotatable bonds is 3. The summed E-state index contributed by atoms with van der Waals surface area (Å²) >= 11 is 0. The van der Waals surface area contributed by atoms with Crippen LogP contribution in [0.4, 0.5) is 0 Å². The first kappa shape index (κ1) is 5.14. The molecule has 3 heteroatoms. The quantitative estimate of drug-likeness (QED) is 0.635. The zero-order valence-corrected chi connectivity index (χ0v) is 6.97. The third-order valence-corrected chi connectivity index (χ3v) is 0.711. The molecular weight excluding hydrogens is 144 g/mol. The molecule has 0 aliphatic carbocycles. The van der Waals surface area contributed by atoms with Crippen LogP contribution in [0.5, 0.6) is 0 Å². The molecule has 0 fully saturated rings. The summed E-state index contributed by atoms with van der Waals surface area (Å²) in [6, 6.07) is 0. The molecule has 0 aromatic heterocycles. The van der Waals surface area contributed by atoms with Gasteiger partial charge in [0.2, 0.25) is 0 Å². The summed E-state index contributed by atoms with van der Waals surface area (Å²) in [4.78, 5) is 11.3. The molecule has 0 amide bonds. The van der Waals surface area contributed by atoms with Gasteiger partial charge in [-0.3, -0.25) is 4.79 Å². The Labute approximate surface area is 73.0 Å². The molecule has 1 N–H and O–H groups in total. The summed E-state index contributed by atoms with van der Waals surface area (Å²) in [5.41, 5.74) is -0.841. The van der Waals surface area contributed by atoms with E-state index in [4.69, 9.17) is 15.3 Å². The van der Waals surface area contributed by atoms with Crippen molar-refractivity contribution in [2.75, 3.05) is 6.56 Å². The van der Waals surface area contributed by atoms with Crippen LogP contribution < -0.4 is 0 Å². The average Bonchev–Trinajstić information content (AvgIpc) is 1.75. The van der Waals surface area contributed by atoms with Crippen molar-refractivity contribution in [1.82, 2.24) is 0 Å². The Hall–Kier alpha value is -0.570. The van der Waals surface area contributed by atoms with Crippen molar-refractivity contribution >= 4 is 5.97 Å². The molecule has 0 rings (SSSR count). The van der Waals surface area contributed by atoms with Crippen molar-refractivity contribution in [3.63, 3.8) is 0 Å². The van der Waals surface area contributed by atoms with Gasteiger partial charge < -0.3 is 9.84 Å². The van der Waals surface area contributed by atoms with Gasteiger partial charge in [0.25, 0.3) is 0 Å². The first-order valence-electron chi connectivity index (χ1n) is 5.29. The normalized spacial score (nSPS) is 19.3. The number of ether oxygens (including phenoxy) is 1. The molecule has 0 aliphatic rings. The number of hydrogen-bond donors (Lipinski definition) is 1. The van der Waals surface area contributed by atoms with Gasteiger partial charge in [-0.05, 0) is 27.2 Å². The van der Waals surface area contributed by atoms with E-state index in [1.807, 2.05) is 0 Å². The van der Waals surface area contributed by atoms with Crippen LogP contribution in [0.3, 0.4) is 0 Å². The van der Waals surface area contributed by atoms with Crippen LogP contribution in [0.1, 0.15) is 39.0 Å². The Morgan fingerprint density at radius 2 is 2.18 bits per heavy atom. The molecule has 11 heavy (non-hydrogen) atoms. The van der Waals surface area contributed by atoms with Gasteiger partial charge in [-0.2, -0.15) is 0 Å². The van der Waals surface area contributed by atoms with Crippen molar-refractivity contribution in [3.05, 3.63) is 0 Å². The Morgan fingerprint density at radius 3 is 2.55 bits per heavy atom. The average molecular weight is 164 g/mol. The lowest BCUT2D eigenvalue weighted by molar-refractivity contribution is -0.155. The van der Waals surface area contributed by atoms with E-state index in [1.54, 1.807) is 20.8 Å². The first-order valence-corrected chi connectivity index (χ1v) is 3.29. The lowest BCUT2D eigenvalue weighted by Crippen LogP contribution is -2.23. The molecule has 0 heterocycles. The minimum absolute atomic E-state index is 0.841. The molecule has 0 aromatic carbocycles. The Morgan fingerprint density at radius 1 is 1.64 bits per heavy atom. The Bertz CT molecular complexity index is 239. The molecule has 0 atom stereocenters. The summed E-state index contributed by atoms with van der Waals surface area (Å²) in [7, 11) is 0. The minimum atomic E-state index is -2.74. The van der Waals surface area contributed by atoms with Gasteiger partial charge in [0, 0.05) is 15.7 Å². The topological polar surface area (TPSA) is 46.5 Å². The fraction of sp³-hybridized carbons (Fsp3) is 0.875. The lowest BCUT2D eigenvalue weighted by atomic mass is 10.2.